The predicted octanol–water partition coefficient (Wildman–Crippen LogP) is 0.310. The highest BCUT2D eigenvalue weighted by molar-refractivity contribution is 7.80. The van der Waals surface area contributed by atoms with Crippen LogP contribution in [0.15, 0.2) is 0 Å². The summed E-state index contributed by atoms with van der Waals surface area (Å²) in [7, 11) is 0.618. The standard InChI is InChI=1S/C3H8BNOS/c5-3-6-4-1-2-7/h3-5,7H,1-2H2. The van der Waals surface area contributed by atoms with E-state index < -0.39 is 0 Å². The molecule has 0 aliphatic rings. The second-order valence-corrected chi connectivity index (χ2v) is 1.51. The molecule has 0 aliphatic carbocycles. The molecule has 0 aromatic rings. The minimum Gasteiger partial charge on any atom is -0.557 e. The number of thiol groups is 1. The lowest BCUT2D eigenvalue weighted by Gasteiger charge is -1.89. The highest BCUT2D eigenvalue weighted by Crippen LogP contribution is 1.80. The normalized spacial score (nSPS) is 7.57. The number of hydrogen-bond acceptors (Lipinski definition) is 3. The van der Waals surface area contributed by atoms with Crippen molar-refractivity contribution in [3.63, 3.8) is 0 Å². The first-order valence-corrected chi connectivity index (χ1v) is 2.76. The molecule has 0 spiro atoms. The minimum atomic E-state index is 0.618. The van der Waals surface area contributed by atoms with Crippen LogP contribution in [0.5, 0.6) is 0 Å². The molecule has 0 aliphatic heterocycles. The molecule has 0 radical (unpaired) electrons. The summed E-state index contributed by atoms with van der Waals surface area (Å²) in [6.45, 7) is 0. The van der Waals surface area contributed by atoms with Gasteiger partial charge in [-0.25, -0.2) is 0 Å². The fraction of sp³-hybridized carbons (Fsp3) is 0.667. The molecule has 0 heterocycles. The Kier molecular flexibility index (Phi) is 5.79. The topological polar surface area (TPSA) is 33.1 Å². The third-order valence-corrected chi connectivity index (χ3v) is 0.820. The lowest BCUT2D eigenvalue weighted by atomic mass is 9.98. The van der Waals surface area contributed by atoms with E-state index in [1.54, 1.807) is 0 Å². The molecule has 4 heteroatoms. The summed E-state index contributed by atoms with van der Waals surface area (Å²) in [6, 6.07) is 0. The van der Waals surface area contributed by atoms with Crippen LogP contribution in [-0.2, 0) is 4.65 Å². The number of nitrogens with one attached hydrogen (secondary N) is 1. The molecular formula is C3H8BNOS. The molecule has 0 atom stereocenters. The molecule has 0 amide bonds. The van der Waals surface area contributed by atoms with Crippen LogP contribution in [0, 0.1) is 5.41 Å². The Morgan fingerprint density at radius 1 is 1.86 bits per heavy atom. The van der Waals surface area contributed by atoms with Crippen LogP contribution in [0.25, 0.3) is 0 Å². The van der Waals surface area contributed by atoms with Crippen molar-refractivity contribution in [3.8, 4) is 0 Å². The molecule has 7 heavy (non-hydrogen) atoms. The quantitative estimate of drug-likeness (QED) is 0.179. The Morgan fingerprint density at radius 2 is 2.57 bits per heavy atom. The molecule has 1 N–H and O–H groups in total. The zero-order valence-electron chi connectivity index (χ0n) is 4.05. The second kappa shape index (κ2) is 5.88. The maximum absolute atomic E-state index is 6.41. The van der Waals surface area contributed by atoms with Gasteiger partial charge in [0.15, 0.2) is 0 Å². The monoisotopic (exact) mass is 117 g/mol. The number of hydrogen-bond donors (Lipinski definition) is 2. The predicted molar refractivity (Wildman–Crippen MR) is 35.7 cm³/mol. The third kappa shape index (κ3) is 5.88. The van der Waals surface area contributed by atoms with E-state index in [2.05, 4.69) is 17.3 Å². The van der Waals surface area contributed by atoms with E-state index in [4.69, 9.17) is 5.41 Å². The zero-order chi connectivity index (χ0) is 5.54. The van der Waals surface area contributed by atoms with Crippen molar-refractivity contribution < 1.29 is 4.65 Å². The molecule has 0 aromatic carbocycles. The van der Waals surface area contributed by atoms with E-state index in [9.17, 15) is 0 Å². The maximum Gasteiger partial charge on any atom is 0.342 e. The van der Waals surface area contributed by atoms with Gasteiger partial charge in [-0.05, 0) is 12.1 Å². The van der Waals surface area contributed by atoms with Crippen molar-refractivity contribution in [2.45, 2.75) is 6.32 Å². The van der Waals surface area contributed by atoms with Gasteiger partial charge in [0.1, 0.15) is 6.40 Å². The Morgan fingerprint density at radius 3 is 3.00 bits per heavy atom. The Hall–Kier alpha value is -0.115. The van der Waals surface area contributed by atoms with Crippen LogP contribution in [0.1, 0.15) is 0 Å². The van der Waals surface area contributed by atoms with E-state index >= 15 is 0 Å². The highest BCUT2D eigenvalue weighted by Gasteiger charge is 1.83. The van der Waals surface area contributed by atoms with E-state index in [0.717, 1.165) is 18.5 Å². The van der Waals surface area contributed by atoms with Gasteiger partial charge in [0.05, 0.1) is 0 Å². The fourth-order valence-corrected chi connectivity index (χ4v) is 0.336. The average molecular weight is 117 g/mol. The Bertz CT molecular complexity index is 52.2. The Balaban J connectivity index is 2.56. The second-order valence-electron chi connectivity index (χ2n) is 1.07. The molecule has 0 aromatic heterocycles. The van der Waals surface area contributed by atoms with E-state index in [1.807, 2.05) is 0 Å². The van der Waals surface area contributed by atoms with E-state index in [1.165, 1.54) is 0 Å². The largest absolute Gasteiger partial charge is 0.557 e. The smallest absolute Gasteiger partial charge is 0.342 e. The maximum atomic E-state index is 6.41. The summed E-state index contributed by atoms with van der Waals surface area (Å²) < 4.78 is 4.57. The van der Waals surface area contributed by atoms with Gasteiger partial charge in [0.2, 0.25) is 0 Å². The summed E-state index contributed by atoms with van der Waals surface area (Å²) in [5.41, 5.74) is 0. The minimum absolute atomic E-state index is 0.618. The lowest BCUT2D eigenvalue weighted by molar-refractivity contribution is 0.611. The molecule has 0 unspecified atom stereocenters. The molecule has 0 bridgehead atoms. The van der Waals surface area contributed by atoms with Gasteiger partial charge < -0.3 is 4.65 Å². The van der Waals surface area contributed by atoms with Gasteiger partial charge in [-0.1, -0.05) is 0 Å². The van der Waals surface area contributed by atoms with Gasteiger partial charge >= 0.3 is 7.48 Å². The van der Waals surface area contributed by atoms with Crippen molar-refractivity contribution in [1.29, 1.82) is 5.41 Å². The highest BCUT2D eigenvalue weighted by atomic mass is 32.1. The molecule has 0 saturated heterocycles. The molecule has 40 valence electrons. The summed E-state index contributed by atoms with van der Waals surface area (Å²) in [6.07, 6.45) is 1.86. The summed E-state index contributed by atoms with van der Waals surface area (Å²) in [5, 5.41) is 6.41. The van der Waals surface area contributed by atoms with E-state index in [0.29, 0.717) is 7.48 Å². The molecule has 2 nitrogen and oxygen atoms in total. The first-order chi connectivity index (χ1) is 3.41. The van der Waals surface area contributed by atoms with Gasteiger partial charge in [-0.15, -0.1) is 0 Å². The number of rotatable bonds is 4. The van der Waals surface area contributed by atoms with Crippen LogP contribution in [0.2, 0.25) is 6.32 Å². The SMILES string of the molecule is N=COBCCS. The Labute approximate surface area is 49.4 Å². The molecular weight excluding hydrogens is 109 g/mol. The van der Waals surface area contributed by atoms with Crippen molar-refractivity contribution in [2.24, 2.45) is 0 Å². The van der Waals surface area contributed by atoms with Crippen molar-refractivity contribution in [2.75, 3.05) is 5.75 Å². The molecule has 0 rings (SSSR count). The van der Waals surface area contributed by atoms with Gasteiger partial charge in [-0.2, -0.15) is 12.6 Å². The lowest BCUT2D eigenvalue weighted by Crippen LogP contribution is -1.94. The molecule has 0 fully saturated rings. The first kappa shape index (κ1) is 6.88. The summed E-state index contributed by atoms with van der Waals surface area (Å²) >= 11 is 3.94. The fourth-order valence-electron chi connectivity index (χ4n) is 0.207. The van der Waals surface area contributed by atoms with E-state index in [-0.39, 0.29) is 0 Å². The van der Waals surface area contributed by atoms with Gasteiger partial charge in [0.25, 0.3) is 0 Å². The molecule has 0 saturated carbocycles. The van der Waals surface area contributed by atoms with Gasteiger partial charge in [-0.3, -0.25) is 5.41 Å². The third-order valence-electron chi connectivity index (χ3n) is 0.504. The van der Waals surface area contributed by atoms with Crippen molar-refractivity contribution in [3.05, 3.63) is 0 Å². The van der Waals surface area contributed by atoms with Crippen molar-refractivity contribution in [1.82, 2.24) is 0 Å². The van der Waals surface area contributed by atoms with Crippen molar-refractivity contribution >= 4 is 26.5 Å². The van der Waals surface area contributed by atoms with Gasteiger partial charge in [0, 0.05) is 0 Å². The summed E-state index contributed by atoms with van der Waals surface area (Å²) in [4.78, 5) is 0. The van der Waals surface area contributed by atoms with Crippen LogP contribution < -0.4 is 0 Å². The average Bonchev–Trinajstić information content (AvgIpc) is 1.69. The summed E-state index contributed by atoms with van der Waals surface area (Å²) in [5.74, 6) is 0.827. The zero-order valence-corrected chi connectivity index (χ0v) is 4.95. The van der Waals surface area contributed by atoms with Crippen LogP contribution in [0.3, 0.4) is 0 Å². The first-order valence-electron chi connectivity index (χ1n) is 2.13. The van der Waals surface area contributed by atoms with Crippen LogP contribution in [-0.4, -0.2) is 19.6 Å². The van der Waals surface area contributed by atoms with Crippen LogP contribution >= 0.6 is 12.6 Å². The van der Waals surface area contributed by atoms with Crippen LogP contribution in [0.4, 0.5) is 0 Å².